The van der Waals surface area contributed by atoms with E-state index >= 15 is 0 Å². The van der Waals surface area contributed by atoms with Crippen LogP contribution in [-0.2, 0) is 16.1 Å². The Balaban J connectivity index is 1.43. The van der Waals surface area contributed by atoms with Gasteiger partial charge in [-0.3, -0.25) is 14.4 Å². The van der Waals surface area contributed by atoms with Crippen LogP contribution in [0, 0.1) is 0 Å². The lowest BCUT2D eigenvalue weighted by molar-refractivity contribution is -0.133. The highest BCUT2D eigenvalue weighted by molar-refractivity contribution is 7.09. The number of fused-ring (bicyclic) bond motifs is 1. The molecule has 1 aromatic heterocycles. The minimum Gasteiger partial charge on any atom is -0.452 e. The summed E-state index contributed by atoms with van der Waals surface area (Å²) in [5.41, 5.74) is 1.05. The molecule has 7 nitrogen and oxygen atoms in total. The Hall–Kier alpha value is -3.78. The van der Waals surface area contributed by atoms with Crippen LogP contribution in [-0.4, -0.2) is 42.2 Å². The lowest BCUT2D eigenvalue weighted by Crippen LogP contribution is -2.31. The molecule has 3 amide bonds. The zero-order valence-electron chi connectivity index (χ0n) is 16.6. The third kappa shape index (κ3) is 4.10. The third-order valence-electron chi connectivity index (χ3n) is 4.86. The molecule has 0 unspecified atom stereocenters. The van der Waals surface area contributed by atoms with Crippen molar-refractivity contribution in [2.75, 3.05) is 18.6 Å². The summed E-state index contributed by atoms with van der Waals surface area (Å²) < 4.78 is 5.15. The van der Waals surface area contributed by atoms with Gasteiger partial charge in [-0.05, 0) is 41.8 Å². The van der Waals surface area contributed by atoms with Crippen LogP contribution in [0.15, 0.2) is 66.0 Å². The summed E-state index contributed by atoms with van der Waals surface area (Å²) in [7, 11) is 1.64. The molecule has 0 atom stereocenters. The van der Waals surface area contributed by atoms with Gasteiger partial charge in [0.2, 0.25) is 0 Å². The van der Waals surface area contributed by atoms with Crippen molar-refractivity contribution in [2.45, 2.75) is 6.54 Å². The Morgan fingerprint density at radius 3 is 2.32 bits per heavy atom. The molecule has 2 heterocycles. The van der Waals surface area contributed by atoms with E-state index in [1.807, 2.05) is 17.5 Å². The van der Waals surface area contributed by atoms with Crippen molar-refractivity contribution < 1.29 is 23.9 Å². The second-order valence-electron chi connectivity index (χ2n) is 6.95. The van der Waals surface area contributed by atoms with Crippen LogP contribution >= 0.6 is 11.3 Å². The number of amides is 3. The Labute approximate surface area is 182 Å². The number of hydrogen-bond acceptors (Lipinski definition) is 6. The smallest absolute Gasteiger partial charge is 0.338 e. The molecule has 0 N–H and O–H groups in total. The quantitative estimate of drug-likeness (QED) is 0.439. The van der Waals surface area contributed by atoms with Gasteiger partial charge in [0, 0.05) is 11.9 Å². The van der Waals surface area contributed by atoms with E-state index in [-0.39, 0.29) is 17.2 Å². The van der Waals surface area contributed by atoms with E-state index in [1.165, 1.54) is 28.4 Å². The van der Waals surface area contributed by atoms with Crippen LogP contribution in [0.2, 0.25) is 0 Å². The monoisotopic (exact) mass is 434 g/mol. The van der Waals surface area contributed by atoms with E-state index in [4.69, 9.17) is 4.74 Å². The largest absolute Gasteiger partial charge is 0.452 e. The Bertz CT molecular complexity index is 1140. The maximum atomic E-state index is 12.6. The fraction of sp³-hybridized carbons (Fsp3) is 0.130. The first-order valence-corrected chi connectivity index (χ1v) is 10.3. The zero-order valence-corrected chi connectivity index (χ0v) is 17.4. The van der Waals surface area contributed by atoms with Crippen LogP contribution in [0.25, 0.3) is 0 Å². The van der Waals surface area contributed by atoms with Crippen molar-refractivity contribution in [2.24, 2.45) is 0 Å². The Kier molecular flexibility index (Phi) is 5.64. The third-order valence-corrected chi connectivity index (χ3v) is 5.72. The minimum atomic E-state index is -0.712. The van der Waals surface area contributed by atoms with Crippen LogP contribution in [0.4, 0.5) is 5.69 Å². The van der Waals surface area contributed by atoms with E-state index in [0.29, 0.717) is 17.7 Å². The number of thiophene rings is 1. The van der Waals surface area contributed by atoms with E-state index in [2.05, 4.69) is 0 Å². The Morgan fingerprint density at radius 1 is 0.968 bits per heavy atom. The van der Waals surface area contributed by atoms with Crippen LogP contribution in [0.3, 0.4) is 0 Å². The molecule has 0 saturated carbocycles. The molecule has 3 aromatic rings. The van der Waals surface area contributed by atoms with Crippen LogP contribution in [0.5, 0.6) is 0 Å². The number of likely N-dealkylation sites (N-methyl/N-ethyl adjacent to an activating group) is 1. The van der Waals surface area contributed by atoms with Crippen LogP contribution in [0.1, 0.15) is 36.0 Å². The second kappa shape index (κ2) is 8.53. The van der Waals surface area contributed by atoms with Gasteiger partial charge < -0.3 is 9.64 Å². The SMILES string of the molecule is CN(Cc1cccs1)C(=O)COC(=O)c1cccc(N2C(=O)c3ccccc3C2=O)c1. The fourth-order valence-corrected chi connectivity index (χ4v) is 4.00. The average molecular weight is 434 g/mol. The van der Waals surface area contributed by atoms with E-state index in [0.717, 1.165) is 9.78 Å². The number of benzene rings is 2. The van der Waals surface area contributed by atoms with Gasteiger partial charge >= 0.3 is 5.97 Å². The number of ether oxygens (including phenoxy) is 1. The maximum absolute atomic E-state index is 12.6. The topological polar surface area (TPSA) is 84.0 Å². The van der Waals surface area contributed by atoms with Crippen molar-refractivity contribution in [3.05, 3.63) is 87.6 Å². The maximum Gasteiger partial charge on any atom is 0.338 e. The first kappa shape index (κ1) is 20.5. The van der Waals surface area contributed by atoms with Crippen molar-refractivity contribution in [3.8, 4) is 0 Å². The van der Waals surface area contributed by atoms with Gasteiger partial charge in [0.15, 0.2) is 6.61 Å². The summed E-state index contributed by atoms with van der Waals surface area (Å²) in [5.74, 6) is -1.94. The normalized spacial score (nSPS) is 12.6. The second-order valence-corrected chi connectivity index (χ2v) is 7.98. The minimum absolute atomic E-state index is 0.141. The molecule has 31 heavy (non-hydrogen) atoms. The molecule has 0 aliphatic carbocycles. The molecule has 1 aliphatic rings. The predicted octanol–water partition coefficient (Wildman–Crippen LogP) is 3.36. The zero-order chi connectivity index (χ0) is 22.0. The lowest BCUT2D eigenvalue weighted by atomic mass is 10.1. The highest BCUT2D eigenvalue weighted by Crippen LogP contribution is 2.28. The molecule has 0 radical (unpaired) electrons. The predicted molar refractivity (Wildman–Crippen MR) is 115 cm³/mol. The fourth-order valence-electron chi connectivity index (χ4n) is 3.24. The lowest BCUT2D eigenvalue weighted by Gasteiger charge is -2.17. The van der Waals surface area contributed by atoms with Gasteiger partial charge in [0.25, 0.3) is 17.7 Å². The molecule has 2 aromatic carbocycles. The number of rotatable bonds is 6. The van der Waals surface area contributed by atoms with E-state index < -0.39 is 24.4 Å². The van der Waals surface area contributed by atoms with Crippen LogP contribution < -0.4 is 4.90 Å². The van der Waals surface area contributed by atoms with E-state index in [9.17, 15) is 19.2 Å². The summed E-state index contributed by atoms with van der Waals surface area (Å²) in [4.78, 5) is 53.5. The first-order valence-electron chi connectivity index (χ1n) is 9.47. The highest BCUT2D eigenvalue weighted by Gasteiger charge is 2.36. The highest BCUT2D eigenvalue weighted by atomic mass is 32.1. The number of carbonyl (C=O) groups excluding carboxylic acids is 4. The van der Waals surface area contributed by atoms with Gasteiger partial charge in [-0.1, -0.05) is 24.3 Å². The van der Waals surface area contributed by atoms with Crippen molar-refractivity contribution in [1.29, 1.82) is 0 Å². The number of anilines is 1. The summed E-state index contributed by atoms with van der Waals surface area (Å²) in [5, 5.41) is 1.93. The number of hydrogen-bond donors (Lipinski definition) is 0. The van der Waals surface area contributed by atoms with E-state index in [1.54, 1.807) is 43.4 Å². The summed E-state index contributed by atoms with van der Waals surface area (Å²) in [6, 6.07) is 16.4. The van der Waals surface area contributed by atoms with Gasteiger partial charge in [0.05, 0.1) is 28.9 Å². The molecule has 1 aliphatic heterocycles. The molecular formula is C23H18N2O5S. The summed E-state index contributed by atoms with van der Waals surface area (Å²) in [6.07, 6.45) is 0. The molecule has 0 saturated heterocycles. The van der Waals surface area contributed by atoms with Crippen molar-refractivity contribution >= 4 is 40.7 Å². The van der Waals surface area contributed by atoms with Gasteiger partial charge in [-0.15, -0.1) is 11.3 Å². The number of carbonyl (C=O) groups is 4. The van der Waals surface area contributed by atoms with Gasteiger partial charge in [-0.2, -0.15) is 0 Å². The summed E-state index contributed by atoms with van der Waals surface area (Å²) >= 11 is 1.54. The molecule has 4 rings (SSSR count). The average Bonchev–Trinajstić information content (AvgIpc) is 3.38. The first-order chi connectivity index (χ1) is 15.0. The molecular weight excluding hydrogens is 416 g/mol. The van der Waals surface area contributed by atoms with Crippen molar-refractivity contribution in [3.63, 3.8) is 0 Å². The number of esters is 1. The standard InChI is InChI=1S/C23H18N2O5S/c1-24(13-17-8-5-11-31-17)20(26)14-30-23(29)15-6-4-7-16(12-15)25-21(27)18-9-2-3-10-19(18)22(25)28/h2-12H,13-14H2,1H3. The number of imide groups is 1. The molecule has 0 bridgehead atoms. The van der Waals surface area contributed by atoms with Gasteiger partial charge in [0.1, 0.15) is 0 Å². The molecule has 0 spiro atoms. The molecule has 0 fully saturated rings. The summed E-state index contributed by atoms with van der Waals surface area (Å²) in [6.45, 7) is 0.0290. The number of nitrogens with zero attached hydrogens (tertiary/aromatic N) is 2. The molecule has 8 heteroatoms. The van der Waals surface area contributed by atoms with Gasteiger partial charge in [-0.25, -0.2) is 9.69 Å². The molecule has 156 valence electrons. The Morgan fingerprint density at radius 2 is 1.68 bits per heavy atom. The van der Waals surface area contributed by atoms with Crippen molar-refractivity contribution in [1.82, 2.24) is 4.90 Å².